The van der Waals surface area contributed by atoms with Gasteiger partial charge in [0.2, 0.25) is 5.96 Å². The number of nitrogens with zero attached hydrogens (tertiary/aromatic N) is 2. The Bertz CT molecular complexity index is 672. The van der Waals surface area contributed by atoms with Gasteiger partial charge < -0.3 is 4.74 Å². The van der Waals surface area contributed by atoms with Gasteiger partial charge in [-0.25, -0.2) is 18.4 Å². The molecule has 0 saturated heterocycles. The molecule has 23 heavy (non-hydrogen) atoms. The van der Waals surface area contributed by atoms with Gasteiger partial charge in [0.15, 0.2) is 0 Å². The van der Waals surface area contributed by atoms with Crippen LogP contribution in [0.4, 0.5) is 9.18 Å². The maximum absolute atomic E-state index is 13.9. The van der Waals surface area contributed by atoms with E-state index in [1.807, 2.05) is 0 Å². The Labute approximate surface area is 148 Å². The van der Waals surface area contributed by atoms with E-state index < -0.39 is 34.5 Å². The second-order valence-electron chi connectivity index (χ2n) is 5.84. The molecule has 0 spiro atoms. The Morgan fingerprint density at radius 2 is 2.26 bits per heavy atom. The third kappa shape index (κ3) is 4.74. The molecular formula is C13H17BrFN3O3S2. The highest BCUT2D eigenvalue weighted by Gasteiger charge is 2.31. The molecule has 10 heteroatoms. The lowest BCUT2D eigenvalue weighted by Crippen LogP contribution is -2.48. The number of aliphatic imine (C=N–C) groups is 1. The summed E-state index contributed by atoms with van der Waals surface area (Å²) in [5.74, 6) is -0.161. The van der Waals surface area contributed by atoms with E-state index in [0.29, 0.717) is 8.66 Å². The second-order valence-corrected chi connectivity index (χ2v) is 9.83. The van der Waals surface area contributed by atoms with Crippen molar-refractivity contribution in [2.45, 2.75) is 32.4 Å². The van der Waals surface area contributed by atoms with Crippen molar-refractivity contribution < 1.29 is 18.1 Å². The first-order chi connectivity index (χ1) is 10.6. The van der Waals surface area contributed by atoms with Crippen molar-refractivity contribution in [2.75, 3.05) is 12.8 Å². The van der Waals surface area contributed by atoms with E-state index in [2.05, 4.69) is 26.2 Å². The van der Waals surface area contributed by atoms with Gasteiger partial charge >= 0.3 is 6.09 Å². The first-order valence-electron chi connectivity index (χ1n) is 6.71. The minimum Gasteiger partial charge on any atom is -0.444 e. The van der Waals surface area contributed by atoms with E-state index in [-0.39, 0.29) is 11.7 Å². The van der Waals surface area contributed by atoms with Gasteiger partial charge in [-0.05, 0) is 42.8 Å². The van der Waals surface area contributed by atoms with E-state index in [4.69, 9.17) is 4.74 Å². The van der Waals surface area contributed by atoms with Gasteiger partial charge in [0.25, 0.3) is 0 Å². The van der Waals surface area contributed by atoms with Gasteiger partial charge in [0, 0.05) is 7.05 Å². The van der Waals surface area contributed by atoms with Crippen molar-refractivity contribution in [1.82, 2.24) is 9.62 Å². The fourth-order valence-corrected chi connectivity index (χ4v) is 4.48. The second kappa shape index (κ2) is 6.86. The van der Waals surface area contributed by atoms with Crippen LogP contribution in [0, 0.1) is 5.82 Å². The molecule has 128 valence electrons. The molecule has 1 aromatic rings. The molecule has 1 amide bonds. The summed E-state index contributed by atoms with van der Waals surface area (Å²) in [5.41, 5.74) is -0.666. The summed E-state index contributed by atoms with van der Waals surface area (Å²) in [6, 6.07) is 0.728. The Kier molecular flexibility index (Phi) is 5.47. The lowest BCUT2D eigenvalue weighted by Gasteiger charge is -2.28. The van der Waals surface area contributed by atoms with E-state index in [9.17, 15) is 13.4 Å². The maximum atomic E-state index is 13.9. The largest absolute Gasteiger partial charge is 0.444 e. The Morgan fingerprint density at radius 3 is 2.78 bits per heavy atom. The third-order valence-corrected chi connectivity index (χ3v) is 5.88. The van der Waals surface area contributed by atoms with E-state index in [1.54, 1.807) is 27.8 Å². The van der Waals surface area contributed by atoms with Gasteiger partial charge in [-0.15, -0.1) is 11.3 Å². The molecule has 0 bridgehead atoms. The zero-order valence-corrected chi connectivity index (χ0v) is 16.3. The predicted molar refractivity (Wildman–Crippen MR) is 92.3 cm³/mol. The number of hydrogen-bond donors (Lipinski definition) is 1. The van der Waals surface area contributed by atoms with E-state index in [0.717, 1.165) is 0 Å². The van der Waals surface area contributed by atoms with Crippen LogP contribution in [-0.2, 0) is 15.7 Å². The van der Waals surface area contributed by atoms with Gasteiger partial charge in [0.1, 0.15) is 28.4 Å². The summed E-state index contributed by atoms with van der Waals surface area (Å²) < 4.78 is 33.2. The van der Waals surface area contributed by atoms with Gasteiger partial charge in [-0.1, -0.05) is 0 Å². The van der Waals surface area contributed by atoms with Crippen molar-refractivity contribution in [3.8, 4) is 0 Å². The van der Waals surface area contributed by atoms with Crippen molar-refractivity contribution in [2.24, 2.45) is 4.99 Å². The fraction of sp³-hybridized carbons (Fsp3) is 0.538. The number of rotatable bonds is 1. The van der Waals surface area contributed by atoms with Gasteiger partial charge in [-0.2, -0.15) is 0 Å². The summed E-state index contributed by atoms with van der Waals surface area (Å²) in [5, 5.41) is 2.47. The van der Waals surface area contributed by atoms with Crippen LogP contribution in [0.25, 0.3) is 0 Å². The Morgan fingerprint density at radius 1 is 1.61 bits per heavy atom. The van der Waals surface area contributed by atoms with Crippen molar-refractivity contribution in [1.29, 1.82) is 0 Å². The monoisotopic (exact) mass is 425 g/mol. The quantitative estimate of drug-likeness (QED) is 0.750. The number of ether oxygens (including phenoxy) is 1. The van der Waals surface area contributed by atoms with Crippen LogP contribution in [0.1, 0.15) is 31.7 Å². The number of guanidine groups is 1. The van der Waals surface area contributed by atoms with E-state index in [1.165, 1.54) is 21.7 Å². The Hall–Kier alpha value is -1.00. The van der Waals surface area contributed by atoms with Crippen LogP contribution in [0.2, 0.25) is 0 Å². The van der Waals surface area contributed by atoms with Crippen LogP contribution in [-0.4, -0.2) is 39.0 Å². The number of nitrogens with one attached hydrogen (secondary N) is 1. The summed E-state index contributed by atoms with van der Waals surface area (Å²) in [7, 11) is 0.118. The molecule has 2 atom stereocenters. The SMILES string of the molecule is CN1C(NC(=O)OC(C)(C)C)=NC(c2sc(Br)cc2F)CS1=O. The lowest BCUT2D eigenvalue weighted by molar-refractivity contribution is 0.0559. The molecule has 1 aliphatic heterocycles. The summed E-state index contributed by atoms with van der Waals surface area (Å²) in [4.78, 5) is 16.6. The van der Waals surface area contributed by atoms with Crippen LogP contribution in [0.15, 0.2) is 14.8 Å². The maximum Gasteiger partial charge on any atom is 0.414 e. The highest BCUT2D eigenvalue weighted by atomic mass is 79.9. The zero-order valence-electron chi connectivity index (χ0n) is 13.1. The van der Waals surface area contributed by atoms with Crippen molar-refractivity contribution in [3.63, 3.8) is 0 Å². The molecule has 1 aromatic heterocycles. The molecule has 6 nitrogen and oxygen atoms in total. The molecular weight excluding hydrogens is 409 g/mol. The average Bonchev–Trinajstić information content (AvgIpc) is 2.71. The first-order valence-corrected chi connectivity index (χ1v) is 9.60. The van der Waals surface area contributed by atoms with Crippen LogP contribution in [0.3, 0.4) is 0 Å². The molecule has 2 heterocycles. The van der Waals surface area contributed by atoms with E-state index >= 15 is 0 Å². The van der Waals surface area contributed by atoms with Crippen LogP contribution < -0.4 is 5.32 Å². The number of thiophene rings is 1. The molecule has 2 unspecified atom stereocenters. The molecule has 0 aliphatic carbocycles. The smallest absolute Gasteiger partial charge is 0.414 e. The van der Waals surface area contributed by atoms with Gasteiger partial charge in [-0.3, -0.25) is 9.62 Å². The fourth-order valence-electron chi connectivity index (χ4n) is 1.83. The third-order valence-electron chi connectivity index (χ3n) is 2.78. The number of carbonyl (C=O) groups is 1. The molecule has 0 fully saturated rings. The standard InChI is InChI=1S/C13H17BrFN3O3S2/c1-13(2,3)21-12(19)17-11-16-8(6-23(20)18(11)4)10-7(15)5-9(14)22-10/h5,8H,6H2,1-4H3,(H,16,17,19). The number of carbonyl (C=O) groups excluding carboxylic acids is 1. The minimum absolute atomic E-state index is 0.0951. The average molecular weight is 426 g/mol. The molecule has 0 radical (unpaired) electrons. The van der Waals surface area contributed by atoms with Crippen molar-refractivity contribution >= 4 is 50.3 Å². The van der Waals surface area contributed by atoms with Crippen molar-refractivity contribution in [3.05, 3.63) is 20.5 Å². The minimum atomic E-state index is -1.43. The summed E-state index contributed by atoms with van der Waals surface area (Å²) in [6.07, 6.45) is -0.700. The van der Waals surface area contributed by atoms with Crippen LogP contribution >= 0.6 is 27.3 Å². The molecule has 1 aliphatic rings. The lowest BCUT2D eigenvalue weighted by atomic mass is 10.2. The highest BCUT2D eigenvalue weighted by Crippen LogP contribution is 2.34. The molecule has 1 N–H and O–H groups in total. The normalized spacial score (nSPS) is 21.8. The number of halogens is 2. The topological polar surface area (TPSA) is 71.0 Å². The summed E-state index contributed by atoms with van der Waals surface area (Å²) >= 11 is 4.41. The molecule has 0 aromatic carbocycles. The molecule has 0 saturated carbocycles. The highest BCUT2D eigenvalue weighted by molar-refractivity contribution is 9.11. The first kappa shape index (κ1) is 18.3. The number of amides is 1. The van der Waals surface area contributed by atoms with Crippen LogP contribution in [0.5, 0.6) is 0 Å². The zero-order chi connectivity index (χ0) is 17.4. The van der Waals surface area contributed by atoms with Gasteiger partial charge in [0.05, 0.1) is 14.4 Å². The molecule has 2 rings (SSSR count). The summed E-state index contributed by atoms with van der Waals surface area (Å²) in [6.45, 7) is 5.20. The number of hydrogen-bond acceptors (Lipinski definition) is 5. The Balaban J connectivity index is 2.24. The predicted octanol–water partition coefficient (Wildman–Crippen LogP) is 3.18. The number of alkyl carbamates (subject to hydrolysis) is 1.